The molecule has 3 aromatic rings. The molecule has 22 heavy (non-hydrogen) atoms. The molecule has 0 fully saturated rings. The molecule has 4 nitrogen and oxygen atoms in total. The molecular formula is C16H13N3OS2. The first-order valence-corrected chi connectivity index (χ1v) is 8.82. The minimum atomic E-state index is -0.0800. The van der Waals surface area contributed by atoms with Gasteiger partial charge in [-0.05, 0) is 17.5 Å². The summed E-state index contributed by atoms with van der Waals surface area (Å²) in [6.07, 6.45) is 2.06. The molecule has 1 aromatic carbocycles. The molecule has 3 heterocycles. The summed E-state index contributed by atoms with van der Waals surface area (Å²) in [6.45, 7) is 0.997. The van der Waals surface area contributed by atoms with E-state index in [1.807, 2.05) is 41.8 Å². The van der Waals surface area contributed by atoms with Crippen LogP contribution in [0.5, 0.6) is 0 Å². The third-order valence-electron chi connectivity index (χ3n) is 3.50. The van der Waals surface area contributed by atoms with E-state index in [-0.39, 0.29) is 5.91 Å². The number of para-hydroxylation sites is 1. The predicted octanol–water partition coefficient (Wildman–Crippen LogP) is 3.97. The molecule has 110 valence electrons. The zero-order chi connectivity index (χ0) is 14.9. The minimum Gasteiger partial charge on any atom is -0.325 e. The number of aromatic nitrogens is 2. The number of aryl methyl sites for hydroxylation is 1. The van der Waals surface area contributed by atoms with Gasteiger partial charge in [0.2, 0.25) is 0 Å². The van der Waals surface area contributed by atoms with Crippen molar-refractivity contribution < 1.29 is 4.79 Å². The van der Waals surface area contributed by atoms with Gasteiger partial charge < -0.3 is 9.88 Å². The average Bonchev–Trinajstić information content (AvgIpc) is 3.24. The molecule has 0 bridgehead atoms. The second-order valence-corrected chi connectivity index (χ2v) is 6.94. The monoisotopic (exact) mass is 327 g/mol. The number of nitrogens with zero attached hydrogens (tertiary/aromatic N) is 2. The summed E-state index contributed by atoms with van der Waals surface area (Å²) in [4.78, 5) is 17.6. The Kier molecular flexibility index (Phi) is 3.48. The Morgan fingerprint density at radius 1 is 1.23 bits per heavy atom. The van der Waals surface area contributed by atoms with Gasteiger partial charge in [0.15, 0.2) is 5.16 Å². The molecule has 1 N–H and O–H groups in total. The van der Waals surface area contributed by atoms with Crippen molar-refractivity contribution in [3.05, 3.63) is 52.9 Å². The summed E-state index contributed by atoms with van der Waals surface area (Å²) < 4.78 is 2.16. The first kappa shape index (κ1) is 13.6. The van der Waals surface area contributed by atoms with E-state index in [0.717, 1.165) is 34.4 Å². The molecule has 1 amide bonds. The molecule has 0 spiro atoms. The van der Waals surface area contributed by atoms with Crippen molar-refractivity contribution in [3.8, 4) is 11.3 Å². The van der Waals surface area contributed by atoms with Gasteiger partial charge in [-0.2, -0.15) is 0 Å². The molecule has 1 aliphatic heterocycles. The largest absolute Gasteiger partial charge is 0.325 e. The molecule has 6 heteroatoms. The van der Waals surface area contributed by atoms with E-state index in [9.17, 15) is 4.79 Å². The van der Waals surface area contributed by atoms with Crippen LogP contribution in [0.15, 0.2) is 53.1 Å². The van der Waals surface area contributed by atoms with Crippen molar-refractivity contribution in [1.82, 2.24) is 9.55 Å². The van der Waals surface area contributed by atoms with Crippen molar-refractivity contribution in [2.45, 2.75) is 11.7 Å². The molecule has 0 saturated carbocycles. The lowest BCUT2D eigenvalue weighted by atomic mass is 10.1. The van der Waals surface area contributed by atoms with Crippen LogP contribution in [0.4, 0.5) is 5.69 Å². The molecule has 0 atom stereocenters. The van der Waals surface area contributed by atoms with Gasteiger partial charge in [-0.25, -0.2) is 4.98 Å². The topological polar surface area (TPSA) is 46.9 Å². The number of thioether (sulfide) groups is 1. The summed E-state index contributed by atoms with van der Waals surface area (Å²) in [5.74, 6) is 1.00. The number of nitrogens with one attached hydrogen (secondary N) is 1. The maximum Gasteiger partial charge on any atom is 0.265 e. The molecule has 0 unspecified atom stereocenters. The maximum absolute atomic E-state index is 12.3. The standard InChI is InChI=1S/C16H13N3OS2/c20-15(14-6-3-8-21-14)17-12-5-2-1-4-11(12)13-10-19-7-9-22-16(19)18-13/h1-6,8,10H,7,9H2,(H,17,20). The van der Waals surface area contributed by atoms with Gasteiger partial charge in [0.25, 0.3) is 5.91 Å². The van der Waals surface area contributed by atoms with Gasteiger partial charge >= 0.3 is 0 Å². The van der Waals surface area contributed by atoms with Crippen molar-refractivity contribution in [2.24, 2.45) is 0 Å². The summed E-state index contributed by atoms with van der Waals surface area (Å²) in [6, 6.07) is 11.5. The van der Waals surface area contributed by atoms with Gasteiger partial charge in [0.1, 0.15) is 0 Å². The molecule has 0 saturated heterocycles. The maximum atomic E-state index is 12.3. The van der Waals surface area contributed by atoms with E-state index < -0.39 is 0 Å². The summed E-state index contributed by atoms with van der Waals surface area (Å²) in [5, 5.41) is 5.94. The fraction of sp³-hybridized carbons (Fsp3) is 0.125. The summed E-state index contributed by atoms with van der Waals surface area (Å²) in [5.41, 5.74) is 2.65. The summed E-state index contributed by atoms with van der Waals surface area (Å²) >= 11 is 3.20. The number of carbonyl (C=O) groups is 1. The van der Waals surface area contributed by atoms with Crippen LogP contribution in [-0.4, -0.2) is 21.2 Å². The molecular weight excluding hydrogens is 314 g/mol. The number of anilines is 1. The first-order valence-electron chi connectivity index (χ1n) is 6.95. The zero-order valence-corrected chi connectivity index (χ0v) is 13.3. The number of imidazole rings is 1. The van der Waals surface area contributed by atoms with Crippen LogP contribution in [0, 0.1) is 0 Å². The molecule has 4 rings (SSSR count). The molecule has 0 aliphatic carbocycles. The Balaban J connectivity index is 1.67. The van der Waals surface area contributed by atoms with Crippen LogP contribution in [0.1, 0.15) is 9.67 Å². The average molecular weight is 327 g/mol. The molecule has 1 aliphatic rings. The number of fused-ring (bicyclic) bond motifs is 1. The van der Waals surface area contributed by atoms with Gasteiger partial charge in [-0.15, -0.1) is 11.3 Å². The fourth-order valence-corrected chi connectivity index (χ4v) is 4.01. The van der Waals surface area contributed by atoms with Crippen molar-refractivity contribution in [3.63, 3.8) is 0 Å². The normalized spacial score (nSPS) is 13.1. The number of hydrogen-bond acceptors (Lipinski definition) is 4. The SMILES string of the molecule is O=C(Nc1ccccc1-c1cn2c(n1)SCC2)c1cccs1. The van der Waals surface area contributed by atoms with E-state index >= 15 is 0 Å². The Hall–Kier alpha value is -2.05. The van der Waals surface area contributed by atoms with Crippen LogP contribution in [0.25, 0.3) is 11.3 Å². The highest BCUT2D eigenvalue weighted by Gasteiger charge is 2.17. The lowest BCUT2D eigenvalue weighted by molar-refractivity contribution is 0.103. The first-order chi connectivity index (χ1) is 10.8. The third kappa shape index (κ3) is 2.44. The Morgan fingerprint density at radius 3 is 2.95 bits per heavy atom. The summed E-state index contributed by atoms with van der Waals surface area (Å²) in [7, 11) is 0. The highest BCUT2D eigenvalue weighted by atomic mass is 32.2. The van der Waals surface area contributed by atoms with E-state index in [4.69, 9.17) is 0 Å². The van der Waals surface area contributed by atoms with Crippen LogP contribution in [-0.2, 0) is 6.54 Å². The molecule has 2 aromatic heterocycles. The zero-order valence-electron chi connectivity index (χ0n) is 11.7. The number of carbonyl (C=O) groups excluding carboxylic acids is 1. The van der Waals surface area contributed by atoms with Crippen molar-refractivity contribution >= 4 is 34.7 Å². The Bertz CT molecular complexity index is 802. The Labute approximate surface area is 136 Å². The highest BCUT2D eigenvalue weighted by molar-refractivity contribution is 7.99. The fourth-order valence-electron chi connectivity index (χ4n) is 2.45. The Morgan fingerprint density at radius 2 is 2.14 bits per heavy atom. The third-order valence-corrected chi connectivity index (χ3v) is 5.34. The van der Waals surface area contributed by atoms with E-state index in [2.05, 4.69) is 21.1 Å². The number of amides is 1. The van der Waals surface area contributed by atoms with E-state index in [0.29, 0.717) is 4.88 Å². The van der Waals surface area contributed by atoms with Gasteiger partial charge in [0.05, 0.1) is 16.3 Å². The second-order valence-electron chi connectivity index (χ2n) is 4.93. The smallest absolute Gasteiger partial charge is 0.265 e. The van der Waals surface area contributed by atoms with Crippen LogP contribution < -0.4 is 5.32 Å². The van der Waals surface area contributed by atoms with Gasteiger partial charge in [-0.1, -0.05) is 36.0 Å². The van der Waals surface area contributed by atoms with Gasteiger partial charge in [0, 0.05) is 24.1 Å². The van der Waals surface area contributed by atoms with Crippen LogP contribution in [0.3, 0.4) is 0 Å². The van der Waals surface area contributed by atoms with Crippen LogP contribution in [0.2, 0.25) is 0 Å². The molecule has 0 radical (unpaired) electrons. The lowest BCUT2D eigenvalue weighted by Gasteiger charge is -2.08. The second kappa shape index (κ2) is 5.62. The number of hydrogen-bond donors (Lipinski definition) is 1. The number of thiophene rings is 1. The number of benzene rings is 1. The quantitative estimate of drug-likeness (QED) is 0.792. The predicted molar refractivity (Wildman–Crippen MR) is 90.7 cm³/mol. The van der Waals surface area contributed by atoms with Gasteiger partial charge in [-0.3, -0.25) is 4.79 Å². The highest BCUT2D eigenvalue weighted by Crippen LogP contribution is 2.32. The minimum absolute atomic E-state index is 0.0800. The van der Waals surface area contributed by atoms with Crippen molar-refractivity contribution in [1.29, 1.82) is 0 Å². The lowest BCUT2D eigenvalue weighted by Crippen LogP contribution is -2.10. The van der Waals surface area contributed by atoms with E-state index in [1.165, 1.54) is 11.3 Å². The number of rotatable bonds is 3. The van der Waals surface area contributed by atoms with E-state index in [1.54, 1.807) is 11.8 Å². The van der Waals surface area contributed by atoms with Crippen LogP contribution >= 0.6 is 23.1 Å². The van der Waals surface area contributed by atoms with Crippen molar-refractivity contribution in [2.75, 3.05) is 11.1 Å².